The van der Waals surface area contributed by atoms with Gasteiger partial charge >= 0.3 is 0 Å². The van der Waals surface area contributed by atoms with Gasteiger partial charge < -0.3 is 4.48 Å². The van der Waals surface area contributed by atoms with E-state index >= 15 is 0 Å². The second-order valence-electron chi connectivity index (χ2n) is 2.61. The fraction of sp³-hybridized carbons (Fsp3) is 0.833. The van der Waals surface area contributed by atoms with Crippen molar-refractivity contribution in [1.29, 1.82) is 5.26 Å². The third-order valence-corrected chi connectivity index (χ3v) is 0.545. The van der Waals surface area contributed by atoms with Gasteiger partial charge in [-0.1, -0.05) is 7.43 Å². The second-order valence-corrected chi connectivity index (χ2v) is 2.61. The summed E-state index contributed by atoms with van der Waals surface area (Å²) in [6.45, 7) is 0.583. The molecule has 0 atom stereocenters. The Kier molecular flexibility index (Phi) is 10.4. The molecule has 0 aromatic carbocycles. The Morgan fingerprint density at radius 3 is 1.67 bits per heavy atom. The van der Waals surface area contributed by atoms with E-state index in [0.717, 1.165) is 4.48 Å². The van der Waals surface area contributed by atoms with Crippen LogP contribution in [0.25, 0.3) is 0 Å². The highest BCUT2D eigenvalue weighted by atomic mass is 35.5. The lowest BCUT2D eigenvalue weighted by atomic mass is 10.6. The number of nitriles is 1. The summed E-state index contributed by atoms with van der Waals surface area (Å²) in [5.41, 5.74) is 0. The smallest absolute Gasteiger partial charge is 0.165 e. The molecule has 9 heavy (non-hydrogen) atoms. The molecule has 0 saturated carbocycles. The van der Waals surface area contributed by atoms with Gasteiger partial charge in [0.05, 0.1) is 21.1 Å². The molecule has 0 N–H and O–H groups in total. The topological polar surface area (TPSA) is 23.8 Å². The Balaban J connectivity index is -0.000000180. The van der Waals surface area contributed by atoms with Gasteiger partial charge in [0.25, 0.3) is 0 Å². The number of quaternary nitrogens is 1. The van der Waals surface area contributed by atoms with Crippen LogP contribution in [0.4, 0.5) is 0 Å². The highest BCUT2D eigenvalue weighted by molar-refractivity contribution is 5.85. The maximum absolute atomic E-state index is 8.14. The highest BCUT2D eigenvalue weighted by Gasteiger charge is 2.01. The van der Waals surface area contributed by atoms with Crippen molar-refractivity contribution in [3.8, 4) is 6.07 Å². The lowest BCUT2D eigenvalue weighted by Gasteiger charge is -2.18. The molecule has 0 radical (unpaired) electrons. The SMILES string of the molecule is C.C[N+](C)(C)CC#N.Cl. The van der Waals surface area contributed by atoms with Crippen molar-refractivity contribution in [3.05, 3.63) is 0 Å². The van der Waals surface area contributed by atoms with Crippen LogP contribution in [0.5, 0.6) is 0 Å². The van der Waals surface area contributed by atoms with Crippen LogP contribution in [0, 0.1) is 11.3 Å². The lowest BCUT2D eigenvalue weighted by molar-refractivity contribution is -0.863. The van der Waals surface area contributed by atoms with E-state index in [1.165, 1.54) is 0 Å². The molecule has 0 fully saturated rings. The van der Waals surface area contributed by atoms with Crippen LogP contribution in [-0.2, 0) is 0 Å². The first kappa shape index (κ1) is 15.9. The summed E-state index contributed by atoms with van der Waals surface area (Å²) in [5, 5.41) is 8.14. The van der Waals surface area contributed by atoms with Crippen LogP contribution in [0.3, 0.4) is 0 Å². The molecule has 0 rings (SSSR count). The summed E-state index contributed by atoms with van der Waals surface area (Å²) in [4.78, 5) is 0. The number of hydrogen-bond donors (Lipinski definition) is 0. The van der Waals surface area contributed by atoms with Crippen molar-refractivity contribution < 1.29 is 4.48 Å². The molecule has 2 nitrogen and oxygen atoms in total. The number of halogens is 1. The van der Waals surface area contributed by atoms with Crippen LogP contribution >= 0.6 is 12.4 Å². The summed E-state index contributed by atoms with van der Waals surface area (Å²) in [5.74, 6) is 0. The molecular formula is C6H16ClN2+. The molecule has 0 aliphatic heterocycles. The Morgan fingerprint density at radius 2 is 1.67 bits per heavy atom. The van der Waals surface area contributed by atoms with Gasteiger partial charge in [0.1, 0.15) is 6.07 Å². The fourth-order valence-electron chi connectivity index (χ4n) is 0.212. The average Bonchev–Trinajstić information content (AvgIpc) is 1.30. The molecule has 0 saturated heterocycles. The number of rotatable bonds is 1. The Bertz CT molecular complexity index is 88.2. The molecule has 0 heterocycles. The highest BCUT2D eigenvalue weighted by Crippen LogP contribution is 1.84. The van der Waals surface area contributed by atoms with Crippen molar-refractivity contribution in [2.45, 2.75) is 7.43 Å². The van der Waals surface area contributed by atoms with Gasteiger partial charge in [-0.15, -0.1) is 12.4 Å². The van der Waals surface area contributed by atoms with Crippen molar-refractivity contribution in [2.75, 3.05) is 27.7 Å². The van der Waals surface area contributed by atoms with Crippen LogP contribution in [0.1, 0.15) is 7.43 Å². The lowest BCUT2D eigenvalue weighted by Crippen LogP contribution is -2.34. The molecule has 3 heteroatoms. The summed E-state index contributed by atoms with van der Waals surface area (Å²) in [6, 6.07) is 2.08. The second kappa shape index (κ2) is 5.87. The van der Waals surface area contributed by atoms with E-state index in [2.05, 4.69) is 6.07 Å². The van der Waals surface area contributed by atoms with Gasteiger partial charge in [0, 0.05) is 0 Å². The van der Waals surface area contributed by atoms with Crippen molar-refractivity contribution in [1.82, 2.24) is 0 Å². The van der Waals surface area contributed by atoms with Crippen molar-refractivity contribution in [3.63, 3.8) is 0 Å². The Hall–Kier alpha value is -0.260. The first-order valence-electron chi connectivity index (χ1n) is 2.24. The predicted molar refractivity (Wildman–Crippen MR) is 42.5 cm³/mol. The van der Waals surface area contributed by atoms with E-state index in [4.69, 9.17) is 5.26 Å². The number of hydrogen-bond acceptors (Lipinski definition) is 1. The van der Waals surface area contributed by atoms with E-state index in [1.54, 1.807) is 0 Å². The van der Waals surface area contributed by atoms with Gasteiger partial charge in [-0.2, -0.15) is 5.26 Å². The van der Waals surface area contributed by atoms with E-state index in [0.29, 0.717) is 6.54 Å². The third-order valence-electron chi connectivity index (χ3n) is 0.545. The first-order chi connectivity index (χ1) is 3.06. The molecule has 0 unspecified atom stereocenters. The van der Waals surface area contributed by atoms with Gasteiger partial charge in [0.15, 0.2) is 6.54 Å². The minimum absolute atomic E-state index is 0. The van der Waals surface area contributed by atoms with Gasteiger partial charge in [-0.05, 0) is 0 Å². The minimum Gasteiger partial charge on any atom is -0.319 e. The summed E-state index contributed by atoms with van der Waals surface area (Å²) >= 11 is 0. The number of nitrogens with zero attached hydrogens (tertiary/aromatic N) is 2. The van der Waals surface area contributed by atoms with E-state index in [9.17, 15) is 0 Å². The van der Waals surface area contributed by atoms with Crippen LogP contribution < -0.4 is 0 Å². The van der Waals surface area contributed by atoms with Crippen molar-refractivity contribution >= 4 is 12.4 Å². The van der Waals surface area contributed by atoms with E-state index < -0.39 is 0 Å². The fourth-order valence-corrected chi connectivity index (χ4v) is 0.212. The van der Waals surface area contributed by atoms with Gasteiger partial charge in [-0.25, -0.2) is 0 Å². The normalized spacial score (nSPS) is 8.22. The Morgan fingerprint density at radius 1 is 1.33 bits per heavy atom. The quantitative estimate of drug-likeness (QED) is 0.409. The largest absolute Gasteiger partial charge is 0.319 e. The molecule has 0 spiro atoms. The van der Waals surface area contributed by atoms with Crippen LogP contribution in [0.2, 0.25) is 0 Å². The monoisotopic (exact) mass is 151 g/mol. The molecule has 0 bridgehead atoms. The summed E-state index contributed by atoms with van der Waals surface area (Å²) < 4.78 is 0.733. The van der Waals surface area contributed by atoms with Gasteiger partial charge in [-0.3, -0.25) is 0 Å². The maximum Gasteiger partial charge on any atom is 0.165 e. The van der Waals surface area contributed by atoms with E-state index in [-0.39, 0.29) is 19.8 Å². The standard InChI is InChI=1S/C5H11N2.CH4.ClH/c1-7(2,3)5-4-6;;/h5H2,1-3H3;1H4;1H/q+1;;. The van der Waals surface area contributed by atoms with Crippen molar-refractivity contribution in [2.24, 2.45) is 0 Å². The predicted octanol–water partition coefficient (Wildman–Crippen LogP) is 1.27. The van der Waals surface area contributed by atoms with Gasteiger partial charge in [0.2, 0.25) is 0 Å². The Labute approximate surface area is 64.1 Å². The summed E-state index contributed by atoms with van der Waals surface area (Å²) in [7, 11) is 5.97. The average molecular weight is 152 g/mol. The molecule has 0 aliphatic carbocycles. The van der Waals surface area contributed by atoms with Crippen LogP contribution in [0.15, 0.2) is 0 Å². The third kappa shape index (κ3) is 18.2. The summed E-state index contributed by atoms with van der Waals surface area (Å²) in [6.07, 6.45) is 0. The van der Waals surface area contributed by atoms with E-state index in [1.807, 2.05) is 21.1 Å². The molecule has 0 aliphatic rings. The molecular weight excluding hydrogens is 136 g/mol. The minimum atomic E-state index is 0. The molecule has 0 amide bonds. The first-order valence-corrected chi connectivity index (χ1v) is 2.24. The maximum atomic E-state index is 8.14. The molecule has 56 valence electrons. The zero-order valence-corrected chi connectivity index (χ0v) is 6.33. The molecule has 0 aromatic rings. The zero-order chi connectivity index (χ0) is 5.91. The zero-order valence-electron chi connectivity index (χ0n) is 5.51. The van der Waals surface area contributed by atoms with Crippen LogP contribution in [-0.4, -0.2) is 32.2 Å². The molecule has 0 aromatic heterocycles.